The van der Waals surface area contributed by atoms with E-state index in [4.69, 9.17) is 9.73 Å². The maximum Gasteiger partial charge on any atom is 0.247 e. The molecule has 2 aromatic rings. The molecule has 8 nitrogen and oxygen atoms in total. The van der Waals surface area contributed by atoms with Gasteiger partial charge in [0.05, 0.1) is 19.4 Å². The molecule has 3 aliphatic heterocycles. The van der Waals surface area contributed by atoms with Crippen molar-refractivity contribution in [1.82, 2.24) is 20.0 Å². The number of benzene rings is 2. The van der Waals surface area contributed by atoms with Gasteiger partial charge in [0.15, 0.2) is 0 Å². The Labute approximate surface area is 217 Å². The van der Waals surface area contributed by atoms with E-state index in [1.165, 1.54) is 0 Å². The van der Waals surface area contributed by atoms with E-state index in [1.54, 1.807) is 16.9 Å². The molecule has 1 fully saturated rings. The Morgan fingerprint density at radius 1 is 1.03 bits per heavy atom. The third kappa shape index (κ3) is 5.58. The number of nitrogens with one attached hydrogen (secondary N) is 1. The van der Waals surface area contributed by atoms with Crippen molar-refractivity contribution >= 4 is 23.3 Å². The van der Waals surface area contributed by atoms with Gasteiger partial charge in [-0.1, -0.05) is 48.6 Å². The molecule has 0 aliphatic carbocycles. The Morgan fingerprint density at radius 2 is 1.84 bits per heavy atom. The molecule has 5 rings (SSSR count). The van der Waals surface area contributed by atoms with Gasteiger partial charge in [-0.25, -0.2) is 4.99 Å². The summed E-state index contributed by atoms with van der Waals surface area (Å²) in [6, 6.07) is 17.8. The van der Waals surface area contributed by atoms with Crippen molar-refractivity contribution in [3.63, 3.8) is 0 Å². The summed E-state index contributed by atoms with van der Waals surface area (Å²) in [6.07, 6.45) is 8.68. The summed E-state index contributed by atoms with van der Waals surface area (Å²) < 4.78 is 5.30. The number of methoxy groups -OCH3 is 1. The van der Waals surface area contributed by atoms with Gasteiger partial charge >= 0.3 is 0 Å². The van der Waals surface area contributed by atoms with Crippen LogP contribution >= 0.6 is 0 Å². The van der Waals surface area contributed by atoms with E-state index < -0.39 is 0 Å². The monoisotopic (exact) mass is 497 g/mol. The van der Waals surface area contributed by atoms with Crippen LogP contribution < -0.4 is 10.1 Å². The number of ether oxygens (including phenoxy) is 1. The normalized spacial score (nSPS) is 17.9. The van der Waals surface area contributed by atoms with E-state index in [-0.39, 0.29) is 24.9 Å². The highest BCUT2D eigenvalue weighted by Crippen LogP contribution is 2.24. The van der Waals surface area contributed by atoms with E-state index in [0.29, 0.717) is 26.2 Å². The van der Waals surface area contributed by atoms with Crippen molar-refractivity contribution in [2.45, 2.75) is 6.42 Å². The third-order valence-electron chi connectivity index (χ3n) is 6.66. The number of carbonyl (C=O) groups excluding carboxylic acids is 2. The number of piperazine rings is 1. The first-order valence-electron chi connectivity index (χ1n) is 12.5. The summed E-state index contributed by atoms with van der Waals surface area (Å²) in [6.45, 7) is 2.54. The Hall–Kier alpha value is -4.33. The molecule has 0 spiro atoms. The average Bonchev–Trinajstić information content (AvgIpc) is 3.16. The molecule has 2 aromatic carbocycles. The molecule has 0 unspecified atom stereocenters. The zero-order valence-corrected chi connectivity index (χ0v) is 21.0. The maximum atomic E-state index is 13.4. The fourth-order valence-electron chi connectivity index (χ4n) is 4.67. The summed E-state index contributed by atoms with van der Waals surface area (Å²) in [5.74, 6) is 2.18. The van der Waals surface area contributed by atoms with E-state index in [9.17, 15) is 9.59 Å². The van der Waals surface area contributed by atoms with Crippen LogP contribution in [-0.4, -0.2) is 78.7 Å². The predicted molar refractivity (Wildman–Crippen MR) is 144 cm³/mol. The van der Waals surface area contributed by atoms with Gasteiger partial charge in [0.2, 0.25) is 11.8 Å². The molecular formula is C29H31N5O3. The van der Waals surface area contributed by atoms with Gasteiger partial charge in [0.1, 0.15) is 24.0 Å². The summed E-state index contributed by atoms with van der Waals surface area (Å²) in [4.78, 5) is 36.7. The lowest BCUT2D eigenvalue weighted by Crippen LogP contribution is -2.55. The highest BCUT2D eigenvalue weighted by atomic mass is 16.5. The molecule has 2 amide bonds. The van der Waals surface area contributed by atoms with Crippen LogP contribution in [0.15, 0.2) is 89.7 Å². The highest BCUT2D eigenvalue weighted by molar-refractivity contribution is 6.03. The molecule has 3 heterocycles. The van der Waals surface area contributed by atoms with Crippen LogP contribution in [0.4, 0.5) is 0 Å². The molecule has 1 saturated heterocycles. The van der Waals surface area contributed by atoms with Crippen molar-refractivity contribution in [3.8, 4) is 5.75 Å². The van der Waals surface area contributed by atoms with Gasteiger partial charge in [-0.3, -0.25) is 14.5 Å². The third-order valence-corrected chi connectivity index (χ3v) is 6.66. The van der Waals surface area contributed by atoms with Crippen LogP contribution in [0, 0.1) is 0 Å². The van der Waals surface area contributed by atoms with E-state index >= 15 is 0 Å². The van der Waals surface area contributed by atoms with Crippen molar-refractivity contribution in [2.24, 2.45) is 4.99 Å². The van der Waals surface area contributed by atoms with Gasteiger partial charge in [-0.15, -0.1) is 0 Å². The number of hydrogen-bond acceptors (Lipinski definition) is 6. The standard InChI is InChI=1S/C29H31N5O3/c1-37-24-14-12-22(13-15-24)25-10-7-17-33(29(31-25)23-8-3-2-4-9-23)20-27(35)32-18-19-34(28(36)21-32)26-11-5-6-16-30-26/h2-6,8-15,30H,7,16-21H2,1H3. The molecule has 0 bridgehead atoms. The summed E-state index contributed by atoms with van der Waals surface area (Å²) in [5, 5.41) is 3.22. The molecule has 0 saturated carbocycles. The predicted octanol–water partition coefficient (Wildman–Crippen LogP) is 2.86. The molecule has 37 heavy (non-hydrogen) atoms. The first-order chi connectivity index (χ1) is 18.1. The van der Waals surface area contributed by atoms with E-state index in [1.807, 2.05) is 77.7 Å². The lowest BCUT2D eigenvalue weighted by Gasteiger charge is -2.37. The van der Waals surface area contributed by atoms with Crippen LogP contribution in [0.5, 0.6) is 5.75 Å². The largest absolute Gasteiger partial charge is 0.497 e. The molecule has 0 radical (unpaired) electrons. The number of aliphatic imine (C=N–C) groups is 1. The van der Waals surface area contributed by atoms with Crippen LogP contribution in [-0.2, 0) is 9.59 Å². The lowest BCUT2D eigenvalue weighted by atomic mass is 10.1. The number of hydrogen-bond donors (Lipinski definition) is 1. The first kappa shape index (κ1) is 24.4. The van der Waals surface area contributed by atoms with Crippen LogP contribution in [0.1, 0.15) is 17.5 Å². The fourth-order valence-corrected chi connectivity index (χ4v) is 4.67. The Balaban J connectivity index is 1.33. The summed E-state index contributed by atoms with van der Waals surface area (Å²) in [7, 11) is 1.65. The SMILES string of the molecule is COc1ccc(C2=CCCN(CC(=O)N3CCN(C4=CC=CCN4)C(=O)C3)C(c3ccccc3)=N2)cc1. The van der Waals surface area contributed by atoms with Crippen LogP contribution in [0.2, 0.25) is 0 Å². The quantitative estimate of drug-likeness (QED) is 0.664. The minimum absolute atomic E-state index is 0.0720. The second-order valence-electron chi connectivity index (χ2n) is 9.05. The van der Waals surface area contributed by atoms with Crippen molar-refractivity contribution < 1.29 is 14.3 Å². The zero-order valence-electron chi connectivity index (χ0n) is 21.0. The molecule has 0 atom stereocenters. The minimum Gasteiger partial charge on any atom is -0.497 e. The molecule has 0 aromatic heterocycles. The number of nitrogens with zero attached hydrogens (tertiary/aromatic N) is 4. The smallest absolute Gasteiger partial charge is 0.247 e. The molecule has 3 aliphatic rings. The number of allylic oxidation sites excluding steroid dienone is 2. The van der Waals surface area contributed by atoms with Gasteiger partial charge in [0.25, 0.3) is 0 Å². The Morgan fingerprint density at radius 3 is 2.54 bits per heavy atom. The number of rotatable bonds is 6. The van der Waals surface area contributed by atoms with Gasteiger partial charge in [0, 0.05) is 37.3 Å². The topological polar surface area (TPSA) is 77.5 Å². The van der Waals surface area contributed by atoms with Crippen LogP contribution in [0.25, 0.3) is 5.70 Å². The van der Waals surface area contributed by atoms with Crippen molar-refractivity contribution in [1.29, 1.82) is 0 Å². The highest BCUT2D eigenvalue weighted by Gasteiger charge is 2.31. The Kier molecular flexibility index (Phi) is 7.35. The first-order valence-corrected chi connectivity index (χ1v) is 12.5. The number of amides is 2. The van der Waals surface area contributed by atoms with Gasteiger partial charge in [-0.05, 0) is 36.8 Å². The molecular weight excluding hydrogens is 466 g/mol. The van der Waals surface area contributed by atoms with Crippen LogP contribution in [0.3, 0.4) is 0 Å². The van der Waals surface area contributed by atoms with Gasteiger partial charge in [-0.2, -0.15) is 0 Å². The second-order valence-corrected chi connectivity index (χ2v) is 9.05. The number of amidine groups is 1. The van der Waals surface area contributed by atoms with Crippen molar-refractivity contribution in [3.05, 3.63) is 95.8 Å². The van der Waals surface area contributed by atoms with E-state index in [0.717, 1.165) is 40.7 Å². The summed E-state index contributed by atoms with van der Waals surface area (Å²) >= 11 is 0. The second kappa shape index (κ2) is 11.2. The molecule has 8 heteroatoms. The van der Waals surface area contributed by atoms with E-state index in [2.05, 4.69) is 11.4 Å². The fraction of sp³-hybridized carbons (Fsp3) is 0.276. The lowest BCUT2D eigenvalue weighted by molar-refractivity contribution is -0.144. The minimum atomic E-state index is -0.0788. The Bertz CT molecular complexity index is 1260. The zero-order chi connectivity index (χ0) is 25.6. The molecule has 190 valence electrons. The number of dihydropyridines is 1. The summed E-state index contributed by atoms with van der Waals surface area (Å²) in [5.41, 5.74) is 2.80. The van der Waals surface area contributed by atoms with Gasteiger partial charge < -0.3 is 19.9 Å². The number of carbonyl (C=O) groups is 2. The maximum absolute atomic E-state index is 13.4. The molecule has 1 N–H and O–H groups in total. The van der Waals surface area contributed by atoms with Crippen molar-refractivity contribution in [2.75, 3.05) is 46.4 Å². The average molecular weight is 498 g/mol.